The number of rotatable bonds is 4. The highest BCUT2D eigenvalue weighted by Crippen LogP contribution is 2.59. The molecule has 5 heteroatoms. The Kier molecular flexibility index (Phi) is 3.30. The summed E-state index contributed by atoms with van der Waals surface area (Å²) < 4.78 is 0. The van der Waals surface area contributed by atoms with Gasteiger partial charge in [0.2, 0.25) is 5.91 Å². The predicted molar refractivity (Wildman–Crippen MR) is 83.1 cm³/mol. The zero-order chi connectivity index (χ0) is 14.4. The van der Waals surface area contributed by atoms with Crippen LogP contribution in [0.3, 0.4) is 0 Å². The maximum atomic E-state index is 12.6. The van der Waals surface area contributed by atoms with Crippen molar-refractivity contribution in [2.24, 2.45) is 17.3 Å². The molecular formula is C16H23N3OS. The van der Waals surface area contributed by atoms with Crippen LogP contribution in [0.4, 0.5) is 0 Å². The van der Waals surface area contributed by atoms with Crippen molar-refractivity contribution in [2.45, 2.75) is 45.1 Å². The van der Waals surface area contributed by atoms with Gasteiger partial charge in [0.05, 0.1) is 6.04 Å². The van der Waals surface area contributed by atoms with Crippen molar-refractivity contribution in [3.8, 4) is 0 Å². The Morgan fingerprint density at radius 1 is 1.48 bits per heavy atom. The van der Waals surface area contributed by atoms with E-state index >= 15 is 0 Å². The molecule has 1 aliphatic heterocycles. The quantitative estimate of drug-likeness (QED) is 0.898. The Bertz CT molecular complexity index is 545. The second-order valence-electron chi connectivity index (χ2n) is 7.02. The van der Waals surface area contributed by atoms with Crippen LogP contribution in [0.25, 0.3) is 0 Å². The number of aryl methyl sites for hydroxylation is 1. The summed E-state index contributed by atoms with van der Waals surface area (Å²) in [5.74, 6) is 1.14. The standard InChI is InChI=1S/C16H23N3OS/c1-10-9-21-15(18-10)13(11-2-3-11)19-14(20)12-8-16(12)4-6-17-7-5-16/h9,11-13,17H,2-8H2,1H3,(H,19,20). The Morgan fingerprint density at radius 2 is 2.24 bits per heavy atom. The SMILES string of the molecule is Cc1csc(C(NC(=O)C2CC23CCNCC3)C2CC2)n1. The van der Waals surface area contributed by atoms with Gasteiger partial charge >= 0.3 is 0 Å². The molecule has 1 saturated heterocycles. The Labute approximate surface area is 129 Å². The van der Waals surface area contributed by atoms with Crippen molar-refractivity contribution in [1.29, 1.82) is 0 Å². The molecule has 1 spiro atoms. The van der Waals surface area contributed by atoms with Crippen molar-refractivity contribution in [1.82, 2.24) is 15.6 Å². The van der Waals surface area contributed by atoms with E-state index in [0.717, 1.165) is 43.1 Å². The lowest BCUT2D eigenvalue weighted by Crippen LogP contribution is -2.35. The van der Waals surface area contributed by atoms with Gasteiger partial charge in [0.1, 0.15) is 5.01 Å². The Morgan fingerprint density at radius 3 is 2.86 bits per heavy atom. The minimum absolute atomic E-state index is 0.163. The zero-order valence-electron chi connectivity index (χ0n) is 12.5. The molecule has 2 N–H and O–H groups in total. The fourth-order valence-electron chi connectivity index (χ4n) is 3.78. The van der Waals surface area contributed by atoms with E-state index in [-0.39, 0.29) is 17.9 Å². The lowest BCUT2D eigenvalue weighted by molar-refractivity contribution is -0.124. The molecule has 1 aromatic rings. The third-order valence-electron chi connectivity index (χ3n) is 5.40. The zero-order valence-corrected chi connectivity index (χ0v) is 13.3. The predicted octanol–water partition coefficient (Wildman–Crippen LogP) is 2.41. The van der Waals surface area contributed by atoms with Crippen LogP contribution in [0.5, 0.6) is 0 Å². The normalized spacial score (nSPS) is 28.3. The highest BCUT2D eigenvalue weighted by Gasteiger charge is 2.58. The molecule has 0 bridgehead atoms. The molecule has 2 unspecified atom stereocenters. The van der Waals surface area contributed by atoms with Crippen molar-refractivity contribution < 1.29 is 4.79 Å². The summed E-state index contributed by atoms with van der Waals surface area (Å²) in [5.41, 5.74) is 1.39. The van der Waals surface area contributed by atoms with E-state index in [0.29, 0.717) is 11.3 Å². The van der Waals surface area contributed by atoms with Crippen LogP contribution in [0.2, 0.25) is 0 Å². The van der Waals surface area contributed by atoms with E-state index in [2.05, 4.69) is 21.0 Å². The van der Waals surface area contributed by atoms with Gasteiger partial charge in [0, 0.05) is 17.0 Å². The van der Waals surface area contributed by atoms with Gasteiger partial charge in [-0.2, -0.15) is 0 Å². The first-order chi connectivity index (χ1) is 10.2. The van der Waals surface area contributed by atoms with Gasteiger partial charge in [-0.25, -0.2) is 4.98 Å². The van der Waals surface area contributed by atoms with Crippen molar-refractivity contribution in [2.75, 3.05) is 13.1 Å². The molecule has 0 radical (unpaired) electrons. The molecule has 0 aromatic carbocycles. The molecule has 3 fully saturated rings. The van der Waals surface area contributed by atoms with Crippen molar-refractivity contribution in [3.05, 3.63) is 16.1 Å². The summed E-state index contributed by atoms with van der Waals surface area (Å²) in [6, 6.07) is 0.163. The summed E-state index contributed by atoms with van der Waals surface area (Å²) in [7, 11) is 0. The Balaban J connectivity index is 1.43. The lowest BCUT2D eigenvalue weighted by Gasteiger charge is -2.24. The van der Waals surface area contributed by atoms with Gasteiger partial charge in [-0.15, -0.1) is 11.3 Å². The van der Waals surface area contributed by atoms with Crippen LogP contribution >= 0.6 is 11.3 Å². The molecule has 1 aromatic heterocycles. The molecule has 2 atom stereocenters. The molecule has 4 nitrogen and oxygen atoms in total. The first-order valence-corrected chi connectivity index (χ1v) is 8.99. The van der Waals surface area contributed by atoms with E-state index in [4.69, 9.17) is 0 Å². The van der Waals surface area contributed by atoms with E-state index in [1.54, 1.807) is 11.3 Å². The molecule has 21 heavy (non-hydrogen) atoms. The average molecular weight is 305 g/mol. The molecule has 114 valence electrons. The van der Waals surface area contributed by atoms with Crippen LogP contribution in [0.15, 0.2) is 5.38 Å². The van der Waals surface area contributed by atoms with E-state index < -0.39 is 0 Å². The number of carbonyl (C=O) groups excluding carboxylic acids is 1. The second kappa shape index (κ2) is 5.06. The van der Waals surface area contributed by atoms with Crippen LogP contribution < -0.4 is 10.6 Å². The molecule has 3 aliphatic rings. The molecule has 2 aliphatic carbocycles. The third-order valence-corrected chi connectivity index (χ3v) is 6.45. The van der Waals surface area contributed by atoms with E-state index in [1.165, 1.54) is 12.8 Å². The largest absolute Gasteiger partial charge is 0.346 e. The number of nitrogens with zero attached hydrogens (tertiary/aromatic N) is 1. The smallest absolute Gasteiger partial charge is 0.224 e. The maximum Gasteiger partial charge on any atom is 0.224 e. The number of nitrogens with one attached hydrogen (secondary N) is 2. The number of piperidine rings is 1. The summed E-state index contributed by atoms with van der Waals surface area (Å²) in [6.07, 6.45) is 5.87. The topological polar surface area (TPSA) is 54.0 Å². The van der Waals surface area contributed by atoms with Crippen LogP contribution in [-0.2, 0) is 4.79 Å². The fraction of sp³-hybridized carbons (Fsp3) is 0.750. The summed E-state index contributed by atoms with van der Waals surface area (Å²) in [5, 5.41) is 9.91. The minimum Gasteiger partial charge on any atom is -0.346 e. The van der Waals surface area contributed by atoms with E-state index in [9.17, 15) is 4.79 Å². The summed E-state index contributed by atoms with van der Waals surface area (Å²) >= 11 is 1.69. The van der Waals surface area contributed by atoms with Crippen LogP contribution in [-0.4, -0.2) is 24.0 Å². The van der Waals surface area contributed by atoms with Crippen molar-refractivity contribution >= 4 is 17.2 Å². The van der Waals surface area contributed by atoms with Crippen molar-refractivity contribution in [3.63, 3.8) is 0 Å². The second-order valence-corrected chi connectivity index (χ2v) is 7.91. The number of carbonyl (C=O) groups is 1. The Hall–Kier alpha value is -0.940. The average Bonchev–Trinajstić information content (AvgIpc) is 3.38. The van der Waals surface area contributed by atoms with Gasteiger partial charge in [0.15, 0.2) is 0 Å². The molecule has 4 rings (SSSR count). The number of thiazole rings is 1. The molecular weight excluding hydrogens is 282 g/mol. The molecule has 1 amide bonds. The first kappa shape index (κ1) is 13.7. The van der Waals surface area contributed by atoms with Crippen LogP contribution in [0, 0.1) is 24.2 Å². The summed E-state index contributed by atoms with van der Waals surface area (Å²) in [4.78, 5) is 17.2. The number of hydrogen-bond donors (Lipinski definition) is 2. The van der Waals surface area contributed by atoms with Gasteiger partial charge in [-0.05, 0) is 63.5 Å². The lowest BCUT2D eigenvalue weighted by atomic mass is 9.91. The number of amides is 1. The maximum absolute atomic E-state index is 12.6. The molecule has 2 heterocycles. The van der Waals surface area contributed by atoms with Gasteiger partial charge in [0.25, 0.3) is 0 Å². The van der Waals surface area contributed by atoms with Gasteiger partial charge in [-0.1, -0.05) is 0 Å². The van der Waals surface area contributed by atoms with Gasteiger partial charge < -0.3 is 10.6 Å². The fourth-order valence-corrected chi connectivity index (χ4v) is 4.71. The van der Waals surface area contributed by atoms with E-state index in [1.807, 2.05) is 6.92 Å². The van der Waals surface area contributed by atoms with Gasteiger partial charge in [-0.3, -0.25) is 4.79 Å². The number of hydrogen-bond acceptors (Lipinski definition) is 4. The minimum atomic E-state index is 0.163. The highest BCUT2D eigenvalue weighted by atomic mass is 32.1. The van der Waals surface area contributed by atoms with Crippen LogP contribution in [0.1, 0.15) is 48.8 Å². The third kappa shape index (κ3) is 2.61. The summed E-state index contributed by atoms with van der Waals surface area (Å²) in [6.45, 7) is 4.17. The molecule has 2 saturated carbocycles. The monoisotopic (exact) mass is 305 g/mol. The highest BCUT2D eigenvalue weighted by molar-refractivity contribution is 7.09. The number of aromatic nitrogens is 1. The first-order valence-electron chi connectivity index (χ1n) is 8.11.